The first-order valence-electron chi connectivity index (χ1n) is 9.69. The van der Waals surface area contributed by atoms with Crippen molar-refractivity contribution in [3.8, 4) is 17.2 Å². The highest BCUT2D eigenvalue weighted by atomic mass is 32.1. The Balaban J connectivity index is 1.67. The average molecular weight is 453 g/mol. The number of fused-ring (bicyclic) bond motifs is 1. The van der Waals surface area contributed by atoms with Gasteiger partial charge in [0.15, 0.2) is 11.7 Å². The van der Waals surface area contributed by atoms with Crippen molar-refractivity contribution in [2.75, 3.05) is 25.7 Å². The first kappa shape index (κ1) is 21.5. The van der Waals surface area contributed by atoms with Crippen LogP contribution in [0.2, 0.25) is 0 Å². The Morgan fingerprint density at radius 3 is 2.47 bits per heavy atom. The molecular formula is C23H20FN3O4S. The molecule has 0 saturated heterocycles. The average Bonchev–Trinajstić information content (AvgIpc) is 3.27. The van der Waals surface area contributed by atoms with Crippen molar-refractivity contribution in [2.45, 2.75) is 6.54 Å². The van der Waals surface area contributed by atoms with Gasteiger partial charge in [-0.25, -0.2) is 9.37 Å². The number of benzene rings is 2. The minimum atomic E-state index is -0.377. The van der Waals surface area contributed by atoms with Crippen LogP contribution < -0.4 is 19.1 Å². The first-order chi connectivity index (χ1) is 15.6. The molecule has 0 atom stereocenters. The molecule has 9 heteroatoms. The number of amides is 1. The van der Waals surface area contributed by atoms with Crippen LogP contribution in [0.5, 0.6) is 17.2 Å². The maximum absolute atomic E-state index is 13.2. The van der Waals surface area contributed by atoms with E-state index in [9.17, 15) is 9.18 Å². The van der Waals surface area contributed by atoms with E-state index < -0.39 is 0 Å². The fraction of sp³-hybridized carbons (Fsp3) is 0.174. The van der Waals surface area contributed by atoms with Gasteiger partial charge < -0.3 is 14.2 Å². The van der Waals surface area contributed by atoms with E-state index in [0.29, 0.717) is 33.6 Å². The van der Waals surface area contributed by atoms with E-state index in [1.165, 1.54) is 40.5 Å². The van der Waals surface area contributed by atoms with Gasteiger partial charge >= 0.3 is 0 Å². The summed E-state index contributed by atoms with van der Waals surface area (Å²) in [5.74, 6) is 0.911. The van der Waals surface area contributed by atoms with Crippen LogP contribution in [0.25, 0.3) is 10.2 Å². The first-order valence-corrected chi connectivity index (χ1v) is 10.5. The molecular weight excluding hydrogens is 433 g/mol. The predicted molar refractivity (Wildman–Crippen MR) is 120 cm³/mol. The van der Waals surface area contributed by atoms with E-state index in [2.05, 4.69) is 9.97 Å². The lowest BCUT2D eigenvalue weighted by Gasteiger charge is -2.19. The Morgan fingerprint density at radius 1 is 1.03 bits per heavy atom. The third-order valence-corrected chi connectivity index (χ3v) is 5.75. The summed E-state index contributed by atoms with van der Waals surface area (Å²) in [6.45, 7) is -0.0421. The number of aromatic nitrogens is 2. The zero-order chi connectivity index (χ0) is 22.5. The molecule has 2 aromatic carbocycles. The molecule has 0 aliphatic carbocycles. The molecule has 0 N–H and O–H groups in total. The molecule has 7 nitrogen and oxygen atoms in total. The molecule has 0 aliphatic rings. The SMILES string of the molecule is COc1ccc(OC)c2sc(N(Cc3ccccn3)C(=O)COc3ccc(F)cc3)nc12. The summed E-state index contributed by atoms with van der Waals surface area (Å²) < 4.78 is 30.4. The van der Waals surface area contributed by atoms with Crippen molar-refractivity contribution < 1.29 is 23.4 Å². The lowest BCUT2D eigenvalue weighted by Crippen LogP contribution is -2.34. The van der Waals surface area contributed by atoms with E-state index in [1.807, 2.05) is 12.1 Å². The monoisotopic (exact) mass is 453 g/mol. The fourth-order valence-electron chi connectivity index (χ4n) is 3.06. The van der Waals surface area contributed by atoms with Crippen LogP contribution in [0.3, 0.4) is 0 Å². The van der Waals surface area contributed by atoms with Crippen LogP contribution in [0.1, 0.15) is 5.69 Å². The van der Waals surface area contributed by atoms with Gasteiger partial charge in [-0.1, -0.05) is 17.4 Å². The summed E-state index contributed by atoms with van der Waals surface area (Å²) in [5, 5.41) is 0.459. The van der Waals surface area contributed by atoms with Gasteiger partial charge in [-0.3, -0.25) is 14.7 Å². The summed E-state index contributed by atoms with van der Waals surface area (Å²) in [5.41, 5.74) is 1.30. The minimum Gasteiger partial charge on any atom is -0.495 e. The number of nitrogens with zero attached hydrogens (tertiary/aromatic N) is 3. The van der Waals surface area contributed by atoms with Crippen LogP contribution in [0.4, 0.5) is 9.52 Å². The van der Waals surface area contributed by atoms with E-state index in [1.54, 1.807) is 38.6 Å². The van der Waals surface area contributed by atoms with Crippen LogP contribution >= 0.6 is 11.3 Å². The summed E-state index contributed by atoms with van der Waals surface area (Å²) in [7, 11) is 3.14. The van der Waals surface area contributed by atoms with Gasteiger partial charge in [-0.05, 0) is 48.5 Å². The maximum Gasteiger partial charge on any atom is 0.267 e. The number of carbonyl (C=O) groups is 1. The second-order valence-electron chi connectivity index (χ2n) is 6.69. The number of pyridine rings is 1. The van der Waals surface area contributed by atoms with Crippen LogP contribution in [0.15, 0.2) is 60.8 Å². The number of halogens is 1. The van der Waals surface area contributed by atoms with E-state index in [0.717, 1.165) is 4.70 Å². The summed E-state index contributed by atoms with van der Waals surface area (Å²) >= 11 is 1.31. The lowest BCUT2D eigenvalue weighted by atomic mass is 10.3. The molecule has 164 valence electrons. The molecule has 4 aromatic rings. The molecule has 32 heavy (non-hydrogen) atoms. The zero-order valence-corrected chi connectivity index (χ0v) is 18.3. The zero-order valence-electron chi connectivity index (χ0n) is 17.4. The number of carbonyl (C=O) groups excluding carboxylic acids is 1. The van der Waals surface area contributed by atoms with E-state index in [-0.39, 0.29) is 24.9 Å². The third kappa shape index (κ3) is 4.62. The smallest absolute Gasteiger partial charge is 0.267 e. The van der Waals surface area contributed by atoms with E-state index in [4.69, 9.17) is 14.2 Å². The molecule has 2 heterocycles. The highest BCUT2D eigenvalue weighted by molar-refractivity contribution is 7.22. The number of hydrogen-bond donors (Lipinski definition) is 0. The molecule has 2 aromatic heterocycles. The highest BCUT2D eigenvalue weighted by Gasteiger charge is 2.23. The molecule has 0 saturated carbocycles. The Hall–Kier alpha value is -3.72. The van der Waals surface area contributed by atoms with Crippen molar-refractivity contribution in [3.05, 3.63) is 72.3 Å². The lowest BCUT2D eigenvalue weighted by molar-refractivity contribution is -0.120. The van der Waals surface area contributed by atoms with Gasteiger partial charge in [0.1, 0.15) is 33.3 Å². The minimum absolute atomic E-state index is 0.205. The van der Waals surface area contributed by atoms with Gasteiger partial charge in [-0.2, -0.15) is 0 Å². The quantitative estimate of drug-likeness (QED) is 0.392. The van der Waals surface area contributed by atoms with Crippen LogP contribution in [0, 0.1) is 5.82 Å². The van der Waals surface area contributed by atoms with E-state index >= 15 is 0 Å². The largest absolute Gasteiger partial charge is 0.495 e. The molecule has 0 unspecified atom stereocenters. The van der Waals surface area contributed by atoms with Crippen molar-refractivity contribution in [3.63, 3.8) is 0 Å². The molecule has 0 radical (unpaired) electrons. The summed E-state index contributed by atoms with van der Waals surface area (Å²) in [6, 6.07) is 14.5. The molecule has 0 spiro atoms. The molecule has 0 bridgehead atoms. The number of anilines is 1. The van der Waals surface area contributed by atoms with Crippen LogP contribution in [-0.2, 0) is 11.3 Å². The van der Waals surface area contributed by atoms with Gasteiger partial charge in [0.2, 0.25) is 0 Å². The summed E-state index contributed by atoms with van der Waals surface area (Å²) in [4.78, 5) is 23.7. The topological polar surface area (TPSA) is 73.8 Å². The Kier molecular flexibility index (Phi) is 6.46. The predicted octanol–water partition coefficient (Wildman–Crippen LogP) is 4.46. The Morgan fingerprint density at radius 2 is 1.78 bits per heavy atom. The molecule has 1 amide bonds. The number of ether oxygens (including phenoxy) is 3. The van der Waals surface area contributed by atoms with Crippen molar-refractivity contribution in [1.82, 2.24) is 9.97 Å². The highest BCUT2D eigenvalue weighted by Crippen LogP contribution is 2.40. The Bertz CT molecular complexity index is 1170. The van der Waals surface area contributed by atoms with Gasteiger partial charge in [-0.15, -0.1) is 0 Å². The van der Waals surface area contributed by atoms with Crippen LogP contribution in [-0.4, -0.2) is 36.7 Å². The van der Waals surface area contributed by atoms with Gasteiger partial charge in [0.05, 0.1) is 26.5 Å². The number of rotatable bonds is 8. The third-order valence-electron chi connectivity index (χ3n) is 4.65. The van der Waals surface area contributed by atoms with Crippen molar-refractivity contribution >= 4 is 32.6 Å². The normalized spacial score (nSPS) is 10.7. The maximum atomic E-state index is 13.2. The number of methoxy groups -OCH3 is 2. The number of hydrogen-bond acceptors (Lipinski definition) is 7. The fourth-order valence-corrected chi connectivity index (χ4v) is 4.15. The van der Waals surface area contributed by atoms with Gasteiger partial charge in [0, 0.05) is 6.20 Å². The molecule has 0 aliphatic heterocycles. The van der Waals surface area contributed by atoms with Crippen molar-refractivity contribution in [1.29, 1.82) is 0 Å². The van der Waals surface area contributed by atoms with Gasteiger partial charge in [0.25, 0.3) is 5.91 Å². The Labute approximate surface area is 188 Å². The number of thiazole rings is 1. The van der Waals surface area contributed by atoms with Crippen molar-refractivity contribution in [2.24, 2.45) is 0 Å². The molecule has 0 fully saturated rings. The summed E-state index contributed by atoms with van der Waals surface area (Å²) in [6.07, 6.45) is 1.66. The second-order valence-corrected chi connectivity index (χ2v) is 7.67. The standard InChI is InChI=1S/C23H20FN3O4S/c1-29-18-10-11-19(30-2)22-21(18)26-23(32-22)27(13-16-5-3-4-12-25-16)20(28)14-31-17-8-6-15(24)7-9-17/h3-12H,13-14H2,1-2H3. The second kappa shape index (κ2) is 9.61. The molecule has 4 rings (SSSR count).